The number of ether oxygens (including phenoxy) is 1. The van der Waals surface area contributed by atoms with Gasteiger partial charge >= 0.3 is 5.97 Å². The molecule has 0 amide bonds. The first-order valence-corrected chi connectivity index (χ1v) is 8.11. The fraction of sp³-hybridized carbons (Fsp3) is 0.611. The van der Waals surface area contributed by atoms with Gasteiger partial charge in [-0.1, -0.05) is 57.0 Å². The van der Waals surface area contributed by atoms with Crippen LogP contribution in [0.2, 0.25) is 0 Å². The van der Waals surface area contributed by atoms with E-state index >= 15 is 0 Å². The Labute approximate surface area is 128 Å². The molecule has 0 heterocycles. The number of nitrogens with one attached hydrogen (secondary N) is 1. The molecule has 0 aromatic heterocycles. The SMILES string of the molecule is CCOC(=O)C(NC1CCCC(C)C1C)c1ccccc1. The normalized spacial score (nSPS) is 27.1. The zero-order chi connectivity index (χ0) is 15.2. The fourth-order valence-electron chi connectivity index (χ4n) is 3.20. The summed E-state index contributed by atoms with van der Waals surface area (Å²) in [6, 6.07) is 9.91. The number of carbonyl (C=O) groups is 1. The van der Waals surface area contributed by atoms with Crippen molar-refractivity contribution in [1.82, 2.24) is 5.32 Å². The van der Waals surface area contributed by atoms with Gasteiger partial charge < -0.3 is 4.74 Å². The second-order valence-corrected chi connectivity index (χ2v) is 6.14. The third-order valence-electron chi connectivity index (χ3n) is 4.74. The van der Waals surface area contributed by atoms with Crippen LogP contribution in [0.15, 0.2) is 30.3 Å². The van der Waals surface area contributed by atoms with Gasteiger partial charge in [0, 0.05) is 6.04 Å². The van der Waals surface area contributed by atoms with Crippen LogP contribution in [0.1, 0.15) is 51.6 Å². The molecule has 1 aromatic rings. The Morgan fingerprint density at radius 2 is 2.00 bits per heavy atom. The van der Waals surface area contributed by atoms with Gasteiger partial charge in [0.25, 0.3) is 0 Å². The summed E-state index contributed by atoms with van der Waals surface area (Å²) < 4.78 is 5.26. The molecular weight excluding hydrogens is 262 g/mol. The minimum absolute atomic E-state index is 0.172. The minimum Gasteiger partial charge on any atom is -0.465 e. The summed E-state index contributed by atoms with van der Waals surface area (Å²) in [6.07, 6.45) is 3.65. The molecule has 4 atom stereocenters. The second-order valence-electron chi connectivity index (χ2n) is 6.14. The van der Waals surface area contributed by atoms with E-state index in [2.05, 4.69) is 19.2 Å². The van der Waals surface area contributed by atoms with Crippen LogP contribution >= 0.6 is 0 Å². The van der Waals surface area contributed by atoms with Crippen LogP contribution in [-0.4, -0.2) is 18.6 Å². The van der Waals surface area contributed by atoms with Crippen LogP contribution < -0.4 is 5.32 Å². The quantitative estimate of drug-likeness (QED) is 0.840. The molecule has 3 heteroatoms. The first-order chi connectivity index (χ1) is 10.1. The predicted molar refractivity (Wildman–Crippen MR) is 84.9 cm³/mol. The molecule has 0 spiro atoms. The molecule has 3 nitrogen and oxygen atoms in total. The Hall–Kier alpha value is -1.35. The summed E-state index contributed by atoms with van der Waals surface area (Å²) in [6.45, 7) is 6.86. The summed E-state index contributed by atoms with van der Waals surface area (Å²) in [7, 11) is 0. The average Bonchev–Trinajstić information content (AvgIpc) is 2.50. The largest absolute Gasteiger partial charge is 0.465 e. The van der Waals surface area contributed by atoms with Crippen molar-refractivity contribution in [3.8, 4) is 0 Å². The van der Waals surface area contributed by atoms with E-state index in [1.807, 2.05) is 37.3 Å². The summed E-state index contributed by atoms with van der Waals surface area (Å²) in [5, 5.41) is 3.56. The van der Waals surface area contributed by atoms with Crippen molar-refractivity contribution in [3.63, 3.8) is 0 Å². The predicted octanol–water partition coefficient (Wildman–Crippen LogP) is 3.71. The Morgan fingerprint density at radius 3 is 2.67 bits per heavy atom. The average molecular weight is 289 g/mol. The van der Waals surface area contributed by atoms with Crippen LogP contribution in [0.25, 0.3) is 0 Å². The molecule has 116 valence electrons. The van der Waals surface area contributed by atoms with E-state index < -0.39 is 0 Å². The van der Waals surface area contributed by atoms with Crippen LogP contribution in [0, 0.1) is 11.8 Å². The van der Waals surface area contributed by atoms with Crippen molar-refractivity contribution in [2.45, 2.75) is 52.1 Å². The van der Waals surface area contributed by atoms with Crippen LogP contribution in [0.3, 0.4) is 0 Å². The van der Waals surface area contributed by atoms with E-state index in [0.29, 0.717) is 24.5 Å². The van der Waals surface area contributed by atoms with Gasteiger partial charge in [-0.2, -0.15) is 0 Å². The molecule has 21 heavy (non-hydrogen) atoms. The van der Waals surface area contributed by atoms with Crippen LogP contribution in [0.4, 0.5) is 0 Å². The molecule has 0 radical (unpaired) electrons. The number of benzene rings is 1. The molecule has 4 unspecified atom stereocenters. The Kier molecular flexibility index (Phi) is 5.80. The first-order valence-electron chi connectivity index (χ1n) is 8.11. The highest BCUT2D eigenvalue weighted by Gasteiger charge is 2.31. The van der Waals surface area contributed by atoms with E-state index in [4.69, 9.17) is 4.74 Å². The molecule has 1 fully saturated rings. The maximum atomic E-state index is 12.3. The zero-order valence-corrected chi connectivity index (χ0v) is 13.3. The highest BCUT2D eigenvalue weighted by Crippen LogP contribution is 2.31. The molecular formula is C18H27NO2. The second kappa shape index (κ2) is 7.60. The van der Waals surface area contributed by atoms with Gasteiger partial charge in [0.1, 0.15) is 6.04 Å². The van der Waals surface area contributed by atoms with Crippen molar-refractivity contribution >= 4 is 5.97 Å². The Morgan fingerprint density at radius 1 is 1.29 bits per heavy atom. The molecule has 1 saturated carbocycles. The van der Waals surface area contributed by atoms with Crippen molar-refractivity contribution in [2.75, 3.05) is 6.61 Å². The van der Waals surface area contributed by atoms with Crippen molar-refractivity contribution in [2.24, 2.45) is 11.8 Å². The molecule has 0 saturated heterocycles. The van der Waals surface area contributed by atoms with Gasteiger partial charge in [-0.3, -0.25) is 5.32 Å². The maximum Gasteiger partial charge on any atom is 0.327 e. The minimum atomic E-state index is -0.358. The van der Waals surface area contributed by atoms with Crippen molar-refractivity contribution in [3.05, 3.63) is 35.9 Å². The molecule has 1 aromatic carbocycles. The highest BCUT2D eigenvalue weighted by atomic mass is 16.5. The first kappa shape index (κ1) is 16.0. The monoisotopic (exact) mass is 289 g/mol. The molecule has 0 bridgehead atoms. The lowest BCUT2D eigenvalue weighted by Crippen LogP contribution is -2.45. The van der Waals surface area contributed by atoms with Crippen LogP contribution in [0.5, 0.6) is 0 Å². The maximum absolute atomic E-state index is 12.3. The summed E-state index contributed by atoms with van der Waals surface area (Å²) in [5.41, 5.74) is 0.987. The third-order valence-corrected chi connectivity index (χ3v) is 4.74. The number of hydrogen-bond acceptors (Lipinski definition) is 3. The molecule has 1 aliphatic rings. The van der Waals surface area contributed by atoms with Gasteiger partial charge in [0.15, 0.2) is 0 Å². The van der Waals surface area contributed by atoms with E-state index in [1.54, 1.807) is 0 Å². The van der Waals surface area contributed by atoms with Crippen molar-refractivity contribution in [1.29, 1.82) is 0 Å². The highest BCUT2D eigenvalue weighted by molar-refractivity contribution is 5.77. The lowest BCUT2D eigenvalue weighted by molar-refractivity contribution is -0.146. The lowest BCUT2D eigenvalue weighted by atomic mass is 9.77. The number of hydrogen-bond donors (Lipinski definition) is 1. The van der Waals surface area contributed by atoms with Gasteiger partial charge in [0.2, 0.25) is 0 Å². The van der Waals surface area contributed by atoms with Gasteiger partial charge in [-0.15, -0.1) is 0 Å². The Bertz CT molecular complexity index is 446. The molecule has 1 aliphatic carbocycles. The van der Waals surface area contributed by atoms with E-state index in [1.165, 1.54) is 12.8 Å². The van der Waals surface area contributed by atoms with E-state index in [0.717, 1.165) is 12.0 Å². The van der Waals surface area contributed by atoms with Gasteiger partial charge in [0.05, 0.1) is 6.61 Å². The number of carbonyl (C=O) groups excluding carboxylic acids is 1. The van der Waals surface area contributed by atoms with E-state index in [9.17, 15) is 4.79 Å². The fourth-order valence-corrected chi connectivity index (χ4v) is 3.20. The molecule has 2 rings (SSSR count). The number of esters is 1. The lowest BCUT2D eigenvalue weighted by Gasteiger charge is -2.36. The Balaban J connectivity index is 2.14. The van der Waals surface area contributed by atoms with E-state index in [-0.39, 0.29) is 12.0 Å². The smallest absolute Gasteiger partial charge is 0.327 e. The van der Waals surface area contributed by atoms with Crippen LogP contribution in [-0.2, 0) is 9.53 Å². The molecule has 1 N–H and O–H groups in total. The summed E-state index contributed by atoms with van der Waals surface area (Å²) in [4.78, 5) is 12.3. The summed E-state index contributed by atoms with van der Waals surface area (Å²) in [5.74, 6) is 1.11. The number of rotatable bonds is 5. The zero-order valence-electron chi connectivity index (χ0n) is 13.3. The third kappa shape index (κ3) is 4.07. The standard InChI is InChI=1S/C18H27NO2/c1-4-21-18(20)17(15-10-6-5-7-11-15)19-16-12-8-9-13(2)14(16)3/h5-7,10-11,13-14,16-17,19H,4,8-9,12H2,1-3H3. The molecule has 0 aliphatic heterocycles. The summed E-state index contributed by atoms with van der Waals surface area (Å²) >= 11 is 0. The van der Waals surface area contributed by atoms with Crippen molar-refractivity contribution < 1.29 is 9.53 Å². The topological polar surface area (TPSA) is 38.3 Å². The van der Waals surface area contributed by atoms with Gasteiger partial charge in [-0.05, 0) is 30.7 Å². The van der Waals surface area contributed by atoms with Gasteiger partial charge in [-0.25, -0.2) is 4.79 Å².